The monoisotopic (exact) mass is 306 g/mol. The van der Waals surface area contributed by atoms with Crippen LogP contribution in [0.25, 0.3) is 0 Å². The minimum absolute atomic E-state index is 0.0965. The van der Waals surface area contributed by atoms with Gasteiger partial charge < -0.3 is 15.3 Å². The standard InChI is InChI=1S/C18H30N2O2/c1-12(19-17(22)20-3-2-13(10-20)11-21)18-7-14-4-15(8-18)6-16(5-14)9-18/h12-16,21H,2-11H2,1H3,(H,19,22). The Morgan fingerprint density at radius 1 is 1.23 bits per heavy atom. The first kappa shape index (κ1) is 14.8. The van der Waals surface area contributed by atoms with Crippen molar-refractivity contribution < 1.29 is 9.90 Å². The maximum absolute atomic E-state index is 12.5. The van der Waals surface area contributed by atoms with E-state index < -0.39 is 0 Å². The fourth-order valence-electron chi connectivity index (χ4n) is 6.30. The number of aliphatic hydroxyl groups is 1. The number of nitrogens with zero attached hydrogens (tertiary/aromatic N) is 1. The van der Waals surface area contributed by atoms with Gasteiger partial charge in [0.05, 0.1) is 0 Å². The van der Waals surface area contributed by atoms with Crippen molar-refractivity contribution in [1.29, 1.82) is 0 Å². The summed E-state index contributed by atoms with van der Waals surface area (Å²) in [4.78, 5) is 14.4. The lowest BCUT2D eigenvalue weighted by molar-refractivity contribution is -0.0687. The minimum Gasteiger partial charge on any atom is -0.396 e. The predicted octanol–water partition coefficient (Wildman–Crippen LogP) is 2.62. The zero-order valence-corrected chi connectivity index (χ0v) is 13.8. The van der Waals surface area contributed by atoms with Crippen LogP contribution in [0.3, 0.4) is 0 Å². The summed E-state index contributed by atoms with van der Waals surface area (Å²) in [6, 6.07) is 0.390. The Hall–Kier alpha value is -0.770. The van der Waals surface area contributed by atoms with Crippen molar-refractivity contribution in [3.8, 4) is 0 Å². The first-order chi connectivity index (χ1) is 10.6. The summed E-state index contributed by atoms with van der Waals surface area (Å²) in [6.07, 6.45) is 9.29. The Morgan fingerprint density at radius 2 is 1.82 bits per heavy atom. The maximum atomic E-state index is 12.5. The second-order valence-electron chi connectivity index (χ2n) is 8.73. The van der Waals surface area contributed by atoms with Crippen LogP contribution in [0.1, 0.15) is 51.9 Å². The number of rotatable bonds is 3. The number of hydrogen-bond acceptors (Lipinski definition) is 2. The van der Waals surface area contributed by atoms with Crippen LogP contribution in [0, 0.1) is 29.1 Å². The predicted molar refractivity (Wildman–Crippen MR) is 85.4 cm³/mol. The highest BCUT2D eigenvalue weighted by molar-refractivity contribution is 5.74. The van der Waals surface area contributed by atoms with Crippen molar-refractivity contribution in [1.82, 2.24) is 10.2 Å². The second kappa shape index (κ2) is 5.40. The molecule has 5 fully saturated rings. The average Bonchev–Trinajstić information content (AvgIpc) is 2.94. The highest BCUT2D eigenvalue weighted by atomic mass is 16.3. The summed E-state index contributed by atoms with van der Waals surface area (Å²) >= 11 is 0. The van der Waals surface area contributed by atoms with Crippen LogP contribution in [0.15, 0.2) is 0 Å². The molecule has 5 aliphatic rings. The quantitative estimate of drug-likeness (QED) is 0.842. The van der Waals surface area contributed by atoms with Gasteiger partial charge in [-0.25, -0.2) is 4.79 Å². The summed E-state index contributed by atoms with van der Waals surface area (Å²) in [7, 11) is 0. The zero-order chi connectivity index (χ0) is 15.3. The Balaban J connectivity index is 1.40. The van der Waals surface area contributed by atoms with Crippen molar-refractivity contribution in [2.24, 2.45) is 29.1 Å². The van der Waals surface area contributed by atoms with Gasteiger partial charge in [0.1, 0.15) is 0 Å². The molecule has 0 aromatic rings. The number of likely N-dealkylation sites (tertiary alicyclic amines) is 1. The molecule has 4 aliphatic carbocycles. The fourth-order valence-corrected chi connectivity index (χ4v) is 6.30. The Bertz CT molecular complexity index is 415. The number of amides is 2. The minimum atomic E-state index is 0.0965. The molecule has 1 heterocycles. The van der Waals surface area contributed by atoms with Gasteiger partial charge in [0.25, 0.3) is 0 Å². The molecule has 4 nitrogen and oxygen atoms in total. The summed E-state index contributed by atoms with van der Waals surface area (Å²) in [6.45, 7) is 3.96. The molecule has 2 atom stereocenters. The highest BCUT2D eigenvalue weighted by Crippen LogP contribution is 2.61. The maximum Gasteiger partial charge on any atom is 0.317 e. The Kier molecular flexibility index (Phi) is 3.63. The fraction of sp³-hybridized carbons (Fsp3) is 0.944. The van der Waals surface area contributed by atoms with Crippen LogP contribution >= 0.6 is 0 Å². The molecule has 22 heavy (non-hydrogen) atoms. The van der Waals surface area contributed by atoms with E-state index in [2.05, 4.69) is 12.2 Å². The van der Waals surface area contributed by atoms with Crippen molar-refractivity contribution in [2.75, 3.05) is 19.7 Å². The molecule has 0 spiro atoms. The number of nitrogens with one attached hydrogen (secondary N) is 1. The van der Waals surface area contributed by atoms with E-state index in [0.717, 1.165) is 37.3 Å². The summed E-state index contributed by atoms with van der Waals surface area (Å²) in [5, 5.41) is 12.6. The second-order valence-corrected chi connectivity index (χ2v) is 8.73. The van der Waals surface area contributed by atoms with E-state index in [1.54, 1.807) is 0 Å². The lowest BCUT2D eigenvalue weighted by Gasteiger charge is -2.59. The Labute approximate surface area is 133 Å². The van der Waals surface area contributed by atoms with Crippen molar-refractivity contribution in [2.45, 2.75) is 57.9 Å². The number of aliphatic hydroxyl groups excluding tert-OH is 1. The smallest absolute Gasteiger partial charge is 0.317 e. The third-order valence-electron chi connectivity index (χ3n) is 7.18. The molecule has 0 radical (unpaired) electrons. The molecular weight excluding hydrogens is 276 g/mol. The van der Waals surface area contributed by atoms with Crippen LogP contribution in [0.4, 0.5) is 4.79 Å². The topological polar surface area (TPSA) is 52.6 Å². The van der Waals surface area contributed by atoms with E-state index >= 15 is 0 Å². The number of hydrogen-bond donors (Lipinski definition) is 2. The van der Waals surface area contributed by atoms with Crippen molar-refractivity contribution >= 4 is 6.03 Å². The van der Waals surface area contributed by atoms with Crippen LogP contribution in [0.2, 0.25) is 0 Å². The van der Waals surface area contributed by atoms with Gasteiger partial charge in [-0.05, 0) is 75.0 Å². The zero-order valence-electron chi connectivity index (χ0n) is 13.8. The largest absolute Gasteiger partial charge is 0.396 e. The molecular formula is C18H30N2O2. The van der Waals surface area contributed by atoms with Crippen LogP contribution < -0.4 is 5.32 Å². The molecule has 4 bridgehead atoms. The van der Waals surface area contributed by atoms with Gasteiger partial charge in [0, 0.05) is 31.7 Å². The van der Waals surface area contributed by atoms with Gasteiger partial charge in [0.2, 0.25) is 0 Å². The average molecular weight is 306 g/mol. The SMILES string of the molecule is CC(NC(=O)N1CCC(CO)C1)C12CC3CC(CC(C3)C1)C2. The van der Waals surface area contributed by atoms with E-state index in [4.69, 9.17) is 0 Å². The van der Waals surface area contributed by atoms with Crippen molar-refractivity contribution in [3.05, 3.63) is 0 Å². The highest BCUT2D eigenvalue weighted by Gasteiger charge is 2.53. The molecule has 1 aliphatic heterocycles. The molecule has 4 heteroatoms. The van der Waals surface area contributed by atoms with E-state index in [0.29, 0.717) is 11.5 Å². The lowest BCUT2D eigenvalue weighted by Crippen LogP contribution is -2.57. The molecule has 4 saturated carbocycles. The van der Waals surface area contributed by atoms with Crippen LogP contribution in [-0.4, -0.2) is 41.8 Å². The normalized spacial score (nSPS) is 44.4. The van der Waals surface area contributed by atoms with Gasteiger partial charge in [-0.2, -0.15) is 0 Å². The van der Waals surface area contributed by atoms with Gasteiger partial charge in [-0.3, -0.25) is 0 Å². The molecule has 2 unspecified atom stereocenters. The molecule has 5 rings (SSSR count). The molecule has 0 aromatic carbocycles. The first-order valence-electron chi connectivity index (χ1n) is 9.24. The Morgan fingerprint density at radius 3 is 2.32 bits per heavy atom. The molecule has 124 valence electrons. The summed E-state index contributed by atoms with van der Waals surface area (Å²) in [5.74, 6) is 3.06. The summed E-state index contributed by atoms with van der Waals surface area (Å²) < 4.78 is 0. The molecule has 2 N–H and O–H groups in total. The number of carbonyl (C=O) groups is 1. The van der Waals surface area contributed by atoms with Gasteiger partial charge in [-0.1, -0.05) is 0 Å². The van der Waals surface area contributed by atoms with E-state index in [9.17, 15) is 9.90 Å². The van der Waals surface area contributed by atoms with Gasteiger partial charge >= 0.3 is 6.03 Å². The van der Waals surface area contributed by atoms with Crippen LogP contribution in [-0.2, 0) is 0 Å². The third-order valence-corrected chi connectivity index (χ3v) is 7.18. The van der Waals surface area contributed by atoms with Crippen LogP contribution in [0.5, 0.6) is 0 Å². The summed E-state index contributed by atoms with van der Waals surface area (Å²) in [5.41, 5.74) is 0.376. The number of urea groups is 1. The van der Waals surface area contributed by atoms with E-state index in [-0.39, 0.29) is 18.6 Å². The van der Waals surface area contributed by atoms with Gasteiger partial charge in [0.15, 0.2) is 0 Å². The van der Waals surface area contributed by atoms with Crippen molar-refractivity contribution in [3.63, 3.8) is 0 Å². The van der Waals surface area contributed by atoms with Gasteiger partial charge in [-0.15, -0.1) is 0 Å². The number of carbonyl (C=O) groups excluding carboxylic acids is 1. The molecule has 2 amide bonds. The lowest BCUT2D eigenvalue weighted by atomic mass is 9.48. The van der Waals surface area contributed by atoms with E-state index in [1.165, 1.54) is 38.5 Å². The first-order valence-corrected chi connectivity index (χ1v) is 9.24. The molecule has 1 saturated heterocycles. The van der Waals surface area contributed by atoms with E-state index in [1.807, 2.05) is 4.90 Å². The third kappa shape index (κ3) is 2.44. The molecule has 0 aromatic heterocycles.